The molecule has 10 nitrogen and oxygen atoms in total. The number of likely N-dealkylation sites (tertiary alicyclic amines) is 1. The van der Waals surface area contributed by atoms with Gasteiger partial charge in [-0.2, -0.15) is 5.26 Å². The van der Waals surface area contributed by atoms with Gasteiger partial charge in [0, 0.05) is 18.8 Å². The monoisotopic (exact) mass is 582 g/mol. The van der Waals surface area contributed by atoms with E-state index in [-0.39, 0.29) is 24.2 Å². The molecule has 0 bridgehead atoms. The number of hydrogen-bond donors (Lipinski definition) is 1. The molecule has 1 fully saturated rings. The Balaban J connectivity index is 1.22. The minimum atomic E-state index is -0.574. The van der Waals surface area contributed by atoms with Gasteiger partial charge in [-0.05, 0) is 67.4 Å². The lowest BCUT2D eigenvalue weighted by Crippen LogP contribution is -2.42. The molecular formula is C31H30N6O4S. The Morgan fingerprint density at radius 2 is 1.76 bits per heavy atom. The van der Waals surface area contributed by atoms with Gasteiger partial charge in [0.05, 0.1) is 24.0 Å². The molecule has 1 aliphatic heterocycles. The zero-order valence-electron chi connectivity index (χ0n) is 23.1. The lowest BCUT2D eigenvalue weighted by molar-refractivity contribution is -0.132. The van der Waals surface area contributed by atoms with Crippen LogP contribution in [0.4, 0.5) is 0 Å². The number of ether oxygens (including phenoxy) is 2. The van der Waals surface area contributed by atoms with Gasteiger partial charge in [0.25, 0.3) is 0 Å². The molecule has 42 heavy (non-hydrogen) atoms. The average molecular weight is 583 g/mol. The number of nitriles is 1. The van der Waals surface area contributed by atoms with Crippen LogP contribution in [0.3, 0.4) is 0 Å². The zero-order valence-corrected chi connectivity index (χ0v) is 23.9. The molecule has 1 saturated heterocycles. The number of nitrogens with one attached hydrogen (secondary N) is 1. The van der Waals surface area contributed by atoms with Crippen molar-refractivity contribution in [3.05, 3.63) is 95.8 Å². The summed E-state index contributed by atoms with van der Waals surface area (Å²) in [5.41, 5.74) is 2.32. The van der Waals surface area contributed by atoms with E-state index in [1.54, 1.807) is 17.0 Å². The van der Waals surface area contributed by atoms with Crippen molar-refractivity contribution in [3.8, 4) is 23.3 Å². The maximum absolute atomic E-state index is 12.9. The first kappa shape index (κ1) is 28.7. The van der Waals surface area contributed by atoms with E-state index in [9.17, 15) is 9.59 Å². The Kier molecular flexibility index (Phi) is 9.36. The molecule has 1 aliphatic rings. The second-order valence-corrected chi connectivity index (χ2v) is 10.5. The van der Waals surface area contributed by atoms with Gasteiger partial charge in [0.1, 0.15) is 24.1 Å². The number of carbonyl (C=O) groups is 2. The lowest BCUT2D eigenvalue weighted by Gasteiger charge is -2.17. The Morgan fingerprint density at radius 3 is 2.48 bits per heavy atom. The second-order valence-electron chi connectivity index (χ2n) is 9.53. The van der Waals surface area contributed by atoms with Gasteiger partial charge in [-0.1, -0.05) is 42.1 Å². The van der Waals surface area contributed by atoms with Crippen molar-refractivity contribution in [2.75, 3.05) is 18.9 Å². The van der Waals surface area contributed by atoms with Gasteiger partial charge in [-0.25, -0.2) is 0 Å². The summed E-state index contributed by atoms with van der Waals surface area (Å²) in [6, 6.07) is 25.7. The molecule has 5 rings (SSSR count). The van der Waals surface area contributed by atoms with E-state index in [0.29, 0.717) is 48.4 Å². The lowest BCUT2D eigenvalue weighted by atomic mass is 10.1. The number of benzene rings is 3. The third-order valence-corrected chi connectivity index (χ3v) is 7.57. The Bertz CT molecular complexity index is 1550. The van der Waals surface area contributed by atoms with Crippen LogP contribution >= 0.6 is 11.8 Å². The molecular weight excluding hydrogens is 552 g/mol. The highest BCUT2D eigenvalue weighted by Gasteiger charge is 2.32. The number of rotatable bonds is 12. The predicted octanol–water partition coefficient (Wildman–Crippen LogP) is 4.13. The van der Waals surface area contributed by atoms with Crippen LogP contribution in [0.15, 0.2) is 84.0 Å². The predicted molar refractivity (Wildman–Crippen MR) is 157 cm³/mol. The van der Waals surface area contributed by atoms with E-state index >= 15 is 0 Å². The summed E-state index contributed by atoms with van der Waals surface area (Å²) in [6.07, 6.45) is 0.537. The Hall–Kier alpha value is -4.82. The highest BCUT2D eigenvalue weighted by atomic mass is 32.2. The number of carbonyl (C=O) groups excluding carboxylic acids is 2. The fraction of sp³-hybridized carbons (Fsp3) is 0.258. The van der Waals surface area contributed by atoms with Gasteiger partial charge in [-0.3, -0.25) is 14.2 Å². The smallest absolute Gasteiger partial charge is 0.245 e. The molecule has 214 valence electrons. The first-order valence-electron chi connectivity index (χ1n) is 13.6. The van der Waals surface area contributed by atoms with E-state index in [1.807, 2.05) is 78.2 Å². The van der Waals surface area contributed by atoms with Crippen molar-refractivity contribution in [3.63, 3.8) is 0 Å². The highest BCUT2D eigenvalue weighted by molar-refractivity contribution is 7.99. The van der Waals surface area contributed by atoms with Crippen molar-refractivity contribution in [1.29, 1.82) is 5.26 Å². The van der Waals surface area contributed by atoms with Gasteiger partial charge in [0.15, 0.2) is 11.0 Å². The largest absolute Gasteiger partial charge is 0.494 e. The summed E-state index contributed by atoms with van der Waals surface area (Å²) in [5.74, 6) is 1.72. The molecule has 3 aromatic carbocycles. The number of aromatic nitrogens is 3. The highest BCUT2D eigenvalue weighted by Crippen LogP contribution is 2.25. The minimum absolute atomic E-state index is 0.0636. The normalized spacial score (nSPS) is 14.4. The van der Waals surface area contributed by atoms with Gasteiger partial charge in [0.2, 0.25) is 11.8 Å². The van der Waals surface area contributed by atoms with E-state index in [4.69, 9.17) is 14.7 Å². The van der Waals surface area contributed by atoms with Gasteiger partial charge < -0.3 is 19.7 Å². The molecule has 1 N–H and O–H groups in total. The molecule has 4 aromatic rings. The van der Waals surface area contributed by atoms with Crippen LogP contribution in [0.5, 0.6) is 11.5 Å². The van der Waals surface area contributed by atoms with Gasteiger partial charge in [-0.15, -0.1) is 10.2 Å². The SMILES string of the molecule is CCOc1ccc(-n2c(COc3ccccc3)nnc2SCC(=O)NC2CCN(Cc3ccc(C#N)cc3)C2=O)cc1. The molecule has 1 atom stereocenters. The molecule has 0 aliphatic carbocycles. The number of hydrogen-bond acceptors (Lipinski definition) is 8. The maximum atomic E-state index is 12.9. The summed E-state index contributed by atoms with van der Waals surface area (Å²) in [7, 11) is 0. The standard InChI is InChI=1S/C31H30N6O4S/c1-2-40-26-14-12-24(13-15-26)37-28(20-41-25-6-4-3-5-7-25)34-35-31(37)42-21-29(38)33-27-16-17-36(30(27)39)19-23-10-8-22(18-32)9-11-23/h3-15,27H,2,16-17,19-21H2,1H3,(H,33,38). The molecule has 0 radical (unpaired) electrons. The zero-order chi connectivity index (χ0) is 29.3. The fourth-order valence-electron chi connectivity index (χ4n) is 4.57. The van der Waals surface area contributed by atoms with Crippen LogP contribution in [-0.2, 0) is 22.7 Å². The van der Waals surface area contributed by atoms with E-state index in [0.717, 1.165) is 17.0 Å². The van der Waals surface area contributed by atoms with E-state index in [2.05, 4.69) is 21.6 Å². The van der Waals surface area contributed by atoms with Crippen LogP contribution in [0.1, 0.15) is 30.3 Å². The quantitative estimate of drug-likeness (QED) is 0.248. The number of thioether (sulfide) groups is 1. The van der Waals surface area contributed by atoms with Crippen molar-refractivity contribution in [2.24, 2.45) is 0 Å². The number of para-hydroxylation sites is 1. The molecule has 11 heteroatoms. The average Bonchev–Trinajstić information content (AvgIpc) is 3.59. The van der Waals surface area contributed by atoms with Crippen LogP contribution in [0, 0.1) is 11.3 Å². The van der Waals surface area contributed by atoms with Crippen molar-refractivity contribution in [1.82, 2.24) is 25.0 Å². The maximum Gasteiger partial charge on any atom is 0.245 e. The second kappa shape index (κ2) is 13.7. The van der Waals surface area contributed by atoms with E-state index in [1.165, 1.54) is 11.8 Å². The fourth-order valence-corrected chi connectivity index (χ4v) is 5.35. The summed E-state index contributed by atoms with van der Waals surface area (Å²) >= 11 is 1.24. The molecule has 1 unspecified atom stereocenters. The molecule has 1 aromatic heterocycles. The van der Waals surface area contributed by atoms with Crippen LogP contribution in [-0.4, -0.2) is 56.4 Å². The third kappa shape index (κ3) is 7.08. The summed E-state index contributed by atoms with van der Waals surface area (Å²) in [4.78, 5) is 27.6. The first-order valence-corrected chi connectivity index (χ1v) is 14.6. The topological polar surface area (TPSA) is 122 Å². The Labute approximate surface area is 248 Å². The summed E-state index contributed by atoms with van der Waals surface area (Å²) < 4.78 is 13.4. The molecule has 2 amide bonds. The Morgan fingerprint density at radius 1 is 1.02 bits per heavy atom. The minimum Gasteiger partial charge on any atom is -0.494 e. The van der Waals surface area contributed by atoms with Crippen LogP contribution in [0.2, 0.25) is 0 Å². The van der Waals surface area contributed by atoms with Crippen LogP contribution in [0.25, 0.3) is 5.69 Å². The third-order valence-electron chi connectivity index (χ3n) is 6.64. The molecule has 0 saturated carbocycles. The van der Waals surface area contributed by atoms with Crippen molar-refractivity contribution >= 4 is 23.6 Å². The van der Waals surface area contributed by atoms with Gasteiger partial charge >= 0.3 is 0 Å². The first-order chi connectivity index (χ1) is 20.5. The van der Waals surface area contributed by atoms with E-state index < -0.39 is 6.04 Å². The van der Waals surface area contributed by atoms with Crippen LogP contribution < -0.4 is 14.8 Å². The number of amides is 2. The van der Waals surface area contributed by atoms with Crippen molar-refractivity contribution in [2.45, 2.75) is 37.7 Å². The summed E-state index contributed by atoms with van der Waals surface area (Å²) in [5, 5.41) is 21.1. The molecule has 2 heterocycles. The number of nitrogens with zero attached hydrogens (tertiary/aromatic N) is 5. The van der Waals surface area contributed by atoms with Crippen molar-refractivity contribution < 1.29 is 19.1 Å². The molecule has 0 spiro atoms. The summed E-state index contributed by atoms with van der Waals surface area (Å²) in [6.45, 7) is 3.66.